The van der Waals surface area contributed by atoms with Crippen LogP contribution < -0.4 is 5.32 Å². The van der Waals surface area contributed by atoms with Crippen LogP contribution in [0.4, 0.5) is 4.39 Å². The molecule has 0 bridgehead atoms. The number of aryl methyl sites for hydroxylation is 1. The summed E-state index contributed by atoms with van der Waals surface area (Å²) in [7, 11) is 0. The molecule has 0 saturated carbocycles. The molecule has 32 heavy (non-hydrogen) atoms. The molecule has 1 N–H and O–H groups in total. The molecule has 4 aromatic rings. The van der Waals surface area contributed by atoms with Crippen LogP contribution in [0, 0.1) is 12.7 Å². The lowest BCUT2D eigenvalue weighted by molar-refractivity contribution is 0.0938. The zero-order valence-corrected chi connectivity index (χ0v) is 18.4. The number of amides is 1. The van der Waals surface area contributed by atoms with Gasteiger partial charge in [0.05, 0.1) is 11.3 Å². The van der Waals surface area contributed by atoms with Gasteiger partial charge in [-0.25, -0.2) is 4.39 Å². The van der Waals surface area contributed by atoms with E-state index >= 15 is 0 Å². The predicted molar refractivity (Wildman–Crippen MR) is 128 cm³/mol. The quantitative estimate of drug-likeness (QED) is 0.367. The maximum atomic E-state index is 13.5. The van der Waals surface area contributed by atoms with Gasteiger partial charge in [0, 0.05) is 17.4 Å². The van der Waals surface area contributed by atoms with Crippen LogP contribution >= 0.6 is 0 Å². The van der Waals surface area contributed by atoms with Crippen molar-refractivity contribution in [2.75, 3.05) is 0 Å². The monoisotopic (exact) mass is 426 g/mol. The number of para-hydroxylation sites is 1. The number of nitrogens with one attached hydrogen (secondary N) is 1. The minimum atomic E-state index is -0.284. The number of carbonyl (C=O) groups excluding carboxylic acids is 1. The average Bonchev–Trinajstić information content (AvgIpc) is 3.16. The van der Waals surface area contributed by atoms with Crippen LogP contribution in [0.2, 0.25) is 0 Å². The fourth-order valence-electron chi connectivity index (χ4n) is 3.98. The van der Waals surface area contributed by atoms with Crippen molar-refractivity contribution in [3.8, 4) is 16.9 Å². The molecular weight excluding hydrogens is 399 g/mol. The van der Waals surface area contributed by atoms with E-state index in [4.69, 9.17) is 0 Å². The van der Waals surface area contributed by atoms with E-state index in [1.807, 2.05) is 68.4 Å². The summed E-state index contributed by atoms with van der Waals surface area (Å²) in [4.78, 5) is 13.2. The normalized spacial score (nSPS) is 11.8. The third-order valence-electron chi connectivity index (χ3n) is 5.73. The highest BCUT2D eigenvalue weighted by molar-refractivity contribution is 5.97. The highest BCUT2D eigenvalue weighted by Gasteiger charge is 2.20. The molecule has 1 heterocycles. The first kappa shape index (κ1) is 21.6. The van der Waals surface area contributed by atoms with E-state index in [1.54, 1.807) is 12.1 Å². The Morgan fingerprint density at radius 2 is 1.56 bits per heavy atom. The smallest absolute Gasteiger partial charge is 0.253 e. The van der Waals surface area contributed by atoms with Crippen molar-refractivity contribution in [1.82, 2.24) is 9.88 Å². The molecule has 1 unspecified atom stereocenters. The fraction of sp³-hybridized carbons (Fsp3) is 0.179. The summed E-state index contributed by atoms with van der Waals surface area (Å²) in [6.07, 6.45) is 1.77. The number of rotatable bonds is 7. The molecule has 4 rings (SSSR count). The molecule has 162 valence electrons. The summed E-state index contributed by atoms with van der Waals surface area (Å²) < 4.78 is 15.6. The van der Waals surface area contributed by atoms with Crippen LogP contribution in [0.1, 0.15) is 35.0 Å². The Labute approximate surface area is 188 Å². The number of nitrogens with zero attached hydrogens (tertiary/aromatic N) is 1. The van der Waals surface area contributed by atoms with E-state index in [0.29, 0.717) is 5.56 Å². The molecule has 3 nitrogen and oxygen atoms in total. The van der Waals surface area contributed by atoms with Gasteiger partial charge in [-0.2, -0.15) is 0 Å². The van der Waals surface area contributed by atoms with E-state index in [1.165, 1.54) is 17.7 Å². The second-order valence-electron chi connectivity index (χ2n) is 8.11. The SMILES string of the molecule is Cc1c(C(=O)NC(C)CCc2ccccc2)cc(-c2ccc(F)cc2)n1-c1ccccc1. The van der Waals surface area contributed by atoms with E-state index in [9.17, 15) is 9.18 Å². The molecular formula is C28H27FN2O. The van der Waals surface area contributed by atoms with Crippen LogP contribution in [0.3, 0.4) is 0 Å². The standard InChI is InChI=1S/C28H27FN2O/c1-20(13-14-22-9-5-3-6-10-22)30-28(32)26-19-27(23-15-17-24(29)18-16-23)31(21(26)2)25-11-7-4-8-12-25/h3-12,15-20H,13-14H2,1-2H3,(H,30,32). The number of benzene rings is 3. The van der Waals surface area contributed by atoms with Gasteiger partial charge < -0.3 is 9.88 Å². The molecule has 4 heteroatoms. The van der Waals surface area contributed by atoms with Gasteiger partial charge in [-0.3, -0.25) is 4.79 Å². The van der Waals surface area contributed by atoms with Crippen molar-refractivity contribution in [3.05, 3.63) is 114 Å². The second-order valence-corrected chi connectivity index (χ2v) is 8.11. The second kappa shape index (κ2) is 9.65. The summed E-state index contributed by atoms with van der Waals surface area (Å²) in [6, 6.07) is 28.5. The molecule has 0 spiro atoms. The van der Waals surface area contributed by atoms with E-state index in [0.717, 1.165) is 35.5 Å². The first-order valence-corrected chi connectivity index (χ1v) is 10.9. The minimum absolute atomic E-state index is 0.0384. The lowest BCUT2D eigenvalue weighted by Gasteiger charge is -2.15. The molecule has 0 radical (unpaired) electrons. The van der Waals surface area contributed by atoms with Crippen LogP contribution in [-0.4, -0.2) is 16.5 Å². The third-order valence-corrected chi connectivity index (χ3v) is 5.73. The highest BCUT2D eigenvalue weighted by atomic mass is 19.1. The Morgan fingerprint density at radius 3 is 2.22 bits per heavy atom. The van der Waals surface area contributed by atoms with Gasteiger partial charge in [0.1, 0.15) is 5.82 Å². The Morgan fingerprint density at radius 1 is 0.938 bits per heavy atom. The highest BCUT2D eigenvalue weighted by Crippen LogP contribution is 2.30. The molecule has 3 aromatic carbocycles. The molecule has 0 aliphatic rings. The summed E-state index contributed by atoms with van der Waals surface area (Å²) >= 11 is 0. The van der Waals surface area contributed by atoms with Gasteiger partial charge in [-0.15, -0.1) is 0 Å². The molecule has 0 aliphatic carbocycles. The Kier molecular flexibility index (Phi) is 6.50. The maximum Gasteiger partial charge on any atom is 0.253 e. The maximum absolute atomic E-state index is 13.5. The topological polar surface area (TPSA) is 34.0 Å². The predicted octanol–water partition coefficient (Wildman–Crippen LogP) is 6.34. The van der Waals surface area contributed by atoms with Crippen molar-refractivity contribution in [3.63, 3.8) is 0 Å². The van der Waals surface area contributed by atoms with Gasteiger partial charge >= 0.3 is 0 Å². The molecule has 0 fully saturated rings. The summed E-state index contributed by atoms with van der Waals surface area (Å²) in [5, 5.41) is 3.15. The fourth-order valence-corrected chi connectivity index (χ4v) is 3.98. The van der Waals surface area contributed by atoms with Gasteiger partial charge in [0.15, 0.2) is 0 Å². The summed E-state index contributed by atoms with van der Waals surface area (Å²) in [5.41, 5.74) is 5.41. The Hall–Kier alpha value is -3.66. The van der Waals surface area contributed by atoms with Gasteiger partial charge in [-0.1, -0.05) is 48.5 Å². The first-order chi connectivity index (χ1) is 15.5. The Balaban J connectivity index is 1.61. The van der Waals surface area contributed by atoms with Gasteiger partial charge in [0.25, 0.3) is 5.91 Å². The number of hydrogen-bond acceptors (Lipinski definition) is 1. The van der Waals surface area contributed by atoms with Crippen molar-refractivity contribution in [2.24, 2.45) is 0 Å². The number of halogens is 1. The third kappa shape index (κ3) is 4.80. The average molecular weight is 427 g/mol. The van der Waals surface area contributed by atoms with Crippen LogP contribution in [0.15, 0.2) is 91.0 Å². The zero-order valence-electron chi connectivity index (χ0n) is 18.4. The first-order valence-electron chi connectivity index (χ1n) is 10.9. The lowest BCUT2D eigenvalue weighted by atomic mass is 10.1. The van der Waals surface area contributed by atoms with Crippen LogP contribution in [0.5, 0.6) is 0 Å². The van der Waals surface area contributed by atoms with Crippen LogP contribution in [-0.2, 0) is 6.42 Å². The number of aromatic nitrogens is 1. The van der Waals surface area contributed by atoms with E-state index in [-0.39, 0.29) is 17.8 Å². The molecule has 0 aliphatic heterocycles. The minimum Gasteiger partial charge on any atom is -0.350 e. The van der Waals surface area contributed by atoms with Crippen LogP contribution in [0.25, 0.3) is 16.9 Å². The molecule has 1 aromatic heterocycles. The van der Waals surface area contributed by atoms with Crippen molar-refractivity contribution >= 4 is 5.91 Å². The number of carbonyl (C=O) groups is 1. The zero-order chi connectivity index (χ0) is 22.5. The van der Waals surface area contributed by atoms with Gasteiger partial charge in [0.2, 0.25) is 0 Å². The van der Waals surface area contributed by atoms with Crippen molar-refractivity contribution < 1.29 is 9.18 Å². The number of hydrogen-bond donors (Lipinski definition) is 1. The van der Waals surface area contributed by atoms with Gasteiger partial charge in [-0.05, 0) is 80.3 Å². The van der Waals surface area contributed by atoms with Crippen molar-refractivity contribution in [1.29, 1.82) is 0 Å². The molecule has 1 atom stereocenters. The largest absolute Gasteiger partial charge is 0.350 e. The molecule has 0 saturated heterocycles. The summed E-state index contributed by atoms with van der Waals surface area (Å²) in [5.74, 6) is -0.380. The summed E-state index contributed by atoms with van der Waals surface area (Å²) in [6.45, 7) is 3.98. The van der Waals surface area contributed by atoms with E-state index in [2.05, 4.69) is 22.0 Å². The van der Waals surface area contributed by atoms with Crippen molar-refractivity contribution in [2.45, 2.75) is 32.7 Å². The molecule has 1 amide bonds. The van der Waals surface area contributed by atoms with E-state index < -0.39 is 0 Å². The Bertz CT molecular complexity index is 1180. The lowest BCUT2D eigenvalue weighted by Crippen LogP contribution is -2.33.